The quantitative estimate of drug-likeness (QED) is 0.242. The van der Waals surface area contributed by atoms with Gasteiger partial charge in [0.1, 0.15) is 16.3 Å². The van der Waals surface area contributed by atoms with E-state index in [0.29, 0.717) is 60.5 Å². The van der Waals surface area contributed by atoms with Gasteiger partial charge in [0, 0.05) is 22.6 Å². The molecule has 11 heteroatoms. The molecule has 0 aliphatic heterocycles. The van der Waals surface area contributed by atoms with Crippen molar-refractivity contribution in [2.75, 3.05) is 19.5 Å². The van der Waals surface area contributed by atoms with Gasteiger partial charge in [-0.25, -0.2) is 0 Å². The number of benzene rings is 3. The number of rotatable bonds is 7. The molecule has 0 fully saturated rings. The molecule has 4 aromatic rings. The van der Waals surface area contributed by atoms with Crippen molar-refractivity contribution in [2.45, 2.75) is 4.83 Å². The number of hydrogen-bond donors (Lipinski definition) is 3. The molecule has 0 aliphatic carbocycles. The lowest BCUT2D eigenvalue weighted by molar-refractivity contribution is -0.117. The van der Waals surface area contributed by atoms with Crippen LogP contribution in [0, 0.1) is 0 Å². The van der Waals surface area contributed by atoms with Crippen LogP contribution in [0.15, 0.2) is 48.5 Å². The first-order chi connectivity index (χ1) is 16.7. The van der Waals surface area contributed by atoms with Crippen molar-refractivity contribution in [1.29, 1.82) is 0 Å². The van der Waals surface area contributed by atoms with Gasteiger partial charge in [-0.2, -0.15) is 5.10 Å². The number of primary amides is 1. The van der Waals surface area contributed by atoms with Crippen molar-refractivity contribution in [2.24, 2.45) is 5.73 Å². The van der Waals surface area contributed by atoms with Crippen LogP contribution in [0.4, 0.5) is 5.82 Å². The number of H-pyrrole nitrogens is 1. The monoisotopic (exact) mass is 576 g/mol. The Morgan fingerprint density at radius 1 is 1.06 bits per heavy atom. The maximum Gasteiger partial charge on any atom is 0.256 e. The summed E-state index contributed by atoms with van der Waals surface area (Å²) in [6, 6.07) is 13.6. The molecule has 0 aliphatic rings. The molecule has 180 valence electrons. The number of halogens is 3. The number of ether oxygens (including phenoxy) is 2. The number of nitrogens with zero attached hydrogens (tertiary/aromatic N) is 1. The zero-order valence-corrected chi connectivity index (χ0v) is 21.6. The summed E-state index contributed by atoms with van der Waals surface area (Å²) in [5, 5.41) is 11.3. The Morgan fingerprint density at radius 2 is 1.74 bits per heavy atom. The summed E-state index contributed by atoms with van der Waals surface area (Å²) in [4.78, 5) is 23.6. The third-order valence-corrected chi connectivity index (χ3v) is 7.08. The molecule has 3 aromatic carbocycles. The van der Waals surface area contributed by atoms with E-state index in [1.807, 2.05) is 12.1 Å². The number of carbonyl (C=O) groups is 2. The van der Waals surface area contributed by atoms with Crippen molar-refractivity contribution in [3.05, 3.63) is 69.7 Å². The van der Waals surface area contributed by atoms with Gasteiger partial charge >= 0.3 is 0 Å². The number of aromatic amines is 1. The van der Waals surface area contributed by atoms with E-state index in [4.69, 9.17) is 38.4 Å². The molecule has 1 atom stereocenters. The number of nitrogens with one attached hydrogen (secondary N) is 2. The predicted molar refractivity (Wildman–Crippen MR) is 140 cm³/mol. The summed E-state index contributed by atoms with van der Waals surface area (Å²) in [5.74, 6) is 0.241. The highest BCUT2D eigenvalue weighted by Crippen LogP contribution is 2.46. The molecular formula is C24H19BrCl2N4O4. The first kappa shape index (κ1) is 24.8. The molecule has 0 radical (unpaired) electrons. The summed E-state index contributed by atoms with van der Waals surface area (Å²) in [5.41, 5.74) is 8.16. The molecule has 0 saturated heterocycles. The maximum absolute atomic E-state index is 12.9. The van der Waals surface area contributed by atoms with E-state index >= 15 is 0 Å². The lowest BCUT2D eigenvalue weighted by Gasteiger charge is -2.14. The molecule has 35 heavy (non-hydrogen) atoms. The van der Waals surface area contributed by atoms with Crippen LogP contribution in [0.3, 0.4) is 0 Å². The fraction of sp³-hybridized carbons (Fsp3) is 0.125. The Balaban J connectivity index is 1.67. The Hall–Kier alpha value is -3.27. The summed E-state index contributed by atoms with van der Waals surface area (Å²) in [6.45, 7) is 0. The van der Waals surface area contributed by atoms with E-state index < -0.39 is 16.6 Å². The van der Waals surface area contributed by atoms with E-state index in [-0.39, 0.29) is 0 Å². The highest BCUT2D eigenvalue weighted by atomic mass is 79.9. The second-order valence-corrected chi connectivity index (χ2v) is 9.13. The van der Waals surface area contributed by atoms with Crippen LogP contribution in [-0.2, 0) is 4.79 Å². The molecule has 2 amide bonds. The Morgan fingerprint density at radius 3 is 2.37 bits per heavy atom. The number of amides is 2. The first-order valence-electron chi connectivity index (χ1n) is 10.2. The summed E-state index contributed by atoms with van der Waals surface area (Å²) in [6.07, 6.45) is 0. The van der Waals surface area contributed by atoms with Gasteiger partial charge in [-0.3, -0.25) is 14.7 Å². The molecule has 0 spiro atoms. The van der Waals surface area contributed by atoms with Crippen molar-refractivity contribution < 1.29 is 19.1 Å². The van der Waals surface area contributed by atoms with E-state index in [1.54, 1.807) is 36.4 Å². The highest BCUT2D eigenvalue weighted by Gasteiger charge is 2.20. The van der Waals surface area contributed by atoms with Gasteiger partial charge in [0.2, 0.25) is 5.91 Å². The number of alkyl halides is 1. The third kappa shape index (κ3) is 4.80. The molecule has 4 N–H and O–H groups in total. The van der Waals surface area contributed by atoms with Gasteiger partial charge in [-0.1, -0.05) is 57.3 Å². The molecule has 8 nitrogen and oxygen atoms in total. The van der Waals surface area contributed by atoms with E-state index in [1.165, 1.54) is 14.2 Å². The average Bonchev–Trinajstić information content (AvgIpc) is 3.25. The topological polar surface area (TPSA) is 119 Å². The number of aromatic nitrogens is 2. The summed E-state index contributed by atoms with van der Waals surface area (Å²) < 4.78 is 10.7. The number of anilines is 1. The minimum absolute atomic E-state index is 0.339. The average molecular weight is 578 g/mol. The Labute approximate surface area is 218 Å². The molecule has 0 saturated carbocycles. The number of nitrogens with two attached hydrogens (primary N) is 1. The second kappa shape index (κ2) is 10.2. The zero-order chi connectivity index (χ0) is 25.3. The van der Waals surface area contributed by atoms with Crippen molar-refractivity contribution in [1.82, 2.24) is 10.2 Å². The number of methoxy groups -OCH3 is 2. The van der Waals surface area contributed by atoms with E-state index in [0.717, 1.165) is 0 Å². The van der Waals surface area contributed by atoms with Gasteiger partial charge in [0.25, 0.3) is 5.91 Å². The highest BCUT2D eigenvalue weighted by molar-refractivity contribution is 9.09. The zero-order valence-electron chi connectivity index (χ0n) is 18.5. The van der Waals surface area contributed by atoms with Gasteiger partial charge in [-0.05, 0) is 35.4 Å². The normalized spacial score (nSPS) is 11.8. The van der Waals surface area contributed by atoms with Crippen molar-refractivity contribution in [3.8, 4) is 22.6 Å². The van der Waals surface area contributed by atoms with Crippen molar-refractivity contribution >= 4 is 67.7 Å². The fourth-order valence-electron chi connectivity index (χ4n) is 3.59. The predicted octanol–water partition coefficient (Wildman–Crippen LogP) is 5.73. The summed E-state index contributed by atoms with van der Waals surface area (Å²) in [7, 11) is 3.01. The van der Waals surface area contributed by atoms with E-state index in [9.17, 15) is 9.59 Å². The van der Waals surface area contributed by atoms with Crippen LogP contribution >= 0.6 is 39.1 Å². The minimum atomic E-state index is -0.700. The second-order valence-electron chi connectivity index (χ2n) is 7.46. The Kier molecular flexibility index (Phi) is 7.20. The van der Waals surface area contributed by atoms with Crippen LogP contribution in [0.25, 0.3) is 22.0 Å². The fourth-order valence-corrected chi connectivity index (χ4v) is 4.59. The largest absolute Gasteiger partial charge is 0.495 e. The molecule has 1 heterocycles. The third-order valence-electron chi connectivity index (χ3n) is 5.35. The smallest absolute Gasteiger partial charge is 0.256 e. The first-order valence-corrected chi connectivity index (χ1v) is 11.9. The molecule has 1 unspecified atom stereocenters. The molecular weight excluding hydrogens is 559 g/mol. The van der Waals surface area contributed by atoms with Crippen LogP contribution in [0.2, 0.25) is 10.0 Å². The lowest BCUT2D eigenvalue weighted by atomic mass is 10.0. The number of fused-ring (bicyclic) bond motifs is 1. The molecule has 1 aromatic heterocycles. The van der Waals surface area contributed by atoms with Gasteiger partial charge in [0.15, 0.2) is 5.82 Å². The number of hydrogen-bond acceptors (Lipinski definition) is 5. The van der Waals surface area contributed by atoms with Crippen molar-refractivity contribution in [3.63, 3.8) is 0 Å². The van der Waals surface area contributed by atoms with Crippen LogP contribution in [0.1, 0.15) is 20.7 Å². The molecule has 0 bridgehead atoms. The SMILES string of the molecule is COc1cc(OC)c(Cl)c(-c2ccc3c(NC(=O)c4cccc(C(Br)C(N)=O)c4)n[nH]c3c2)c1Cl. The summed E-state index contributed by atoms with van der Waals surface area (Å²) >= 11 is 16.3. The van der Waals surface area contributed by atoms with Crippen LogP contribution < -0.4 is 20.5 Å². The lowest BCUT2D eigenvalue weighted by Crippen LogP contribution is -2.18. The van der Waals surface area contributed by atoms with Crippen LogP contribution in [-0.4, -0.2) is 36.2 Å². The van der Waals surface area contributed by atoms with Gasteiger partial charge < -0.3 is 20.5 Å². The van der Waals surface area contributed by atoms with E-state index in [2.05, 4.69) is 31.4 Å². The van der Waals surface area contributed by atoms with Crippen LogP contribution in [0.5, 0.6) is 11.5 Å². The maximum atomic E-state index is 12.9. The van der Waals surface area contributed by atoms with Gasteiger partial charge in [0.05, 0.1) is 29.8 Å². The van der Waals surface area contributed by atoms with Gasteiger partial charge in [-0.15, -0.1) is 0 Å². The standard InChI is InChI=1S/C24H19BrCl2N4O4/c1-34-16-10-17(35-2)21(27)18(20(16)26)11-6-7-14-15(9-11)30-31-23(14)29-24(33)13-5-3-4-12(8-13)19(25)22(28)32/h3-10,19H,1-2H3,(H2,28,32)(H2,29,30,31,33). The molecule has 4 rings (SSSR count). The number of carbonyl (C=O) groups excluding carboxylic acids is 2. The minimum Gasteiger partial charge on any atom is -0.495 e. The Bertz CT molecular complexity index is 1430.